The smallest absolute Gasteiger partial charge is 0.379 e. The molecule has 9 heteroatoms. The van der Waals surface area contributed by atoms with Crippen molar-refractivity contribution < 1.29 is 32.8 Å². The number of hydrogen-bond acceptors (Lipinski definition) is 6. The molecule has 0 spiro atoms. The summed E-state index contributed by atoms with van der Waals surface area (Å²) < 4.78 is 35.4. The maximum Gasteiger partial charge on any atom is 0.472 e. The maximum atomic E-state index is 12.7. The molecule has 0 bridgehead atoms. The van der Waals surface area contributed by atoms with Crippen LogP contribution < -0.4 is 5.32 Å². The molecule has 0 aromatic heterocycles. The fourth-order valence-corrected chi connectivity index (χ4v) is 8.65. The Kier molecular flexibility index (Phi) is 53.1. The monoisotopic (exact) mass is 950 g/mol. The number of ether oxygens (including phenoxy) is 2. The van der Waals surface area contributed by atoms with Crippen molar-refractivity contribution in [1.82, 2.24) is 5.32 Å². The molecule has 8 nitrogen and oxygen atoms in total. The van der Waals surface area contributed by atoms with Crippen molar-refractivity contribution in [3.63, 3.8) is 0 Å². The van der Waals surface area contributed by atoms with Crippen molar-refractivity contribution in [3.8, 4) is 0 Å². The molecule has 2 N–H and O–H groups in total. The van der Waals surface area contributed by atoms with Gasteiger partial charge >= 0.3 is 7.82 Å². The Morgan fingerprint density at radius 1 is 0.455 bits per heavy atom. The van der Waals surface area contributed by atoms with Gasteiger partial charge in [0.2, 0.25) is 5.91 Å². The average Bonchev–Trinajstić information content (AvgIpc) is 3.31. The number of hydrogen-bond donors (Lipinski definition) is 2. The second kappa shape index (κ2) is 54.4. The standard InChI is InChI=1S/C57H108NO7P/c1-4-7-10-13-16-19-22-25-28-29-30-31-34-37-40-43-46-49-57(59)58-50-53-64-66(60,61)65-55-56(63-52-48-45-42-39-36-33-27-24-21-18-15-12-9-6-3)54-62-51-47-44-41-38-35-32-26-23-20-17-14-11-8-5-2/h16,19,25,28,30-31,37,40,56H,4-15,17-18,20-24,26-27,29,32-36,38-39,41-55H2,1-3H3,(H,58,59)(H,60,61)/b19-16-,28-25-,31-30-,40-37-/t56-/m1/s1. The molecule has 0 fully saturated rings. The summed E-state index contributed by atoms with van der Waals surface area (Å²) in [5, 5.41) is 2.78. The fourth-order valence-electron chi connectivity index (χ4n) is 7.90. The molecule has 0 aliphatic rings. The van der Waals surface area contributed by atoms with Gasteiger partial charge in [0, 0.05) is 26.2 Å². The van der Waals surface area contributed by atoms with E-state index in [-0.39, 0.29) is 25.7 Å². The molecule has 0 aromatic carbocycles. The van der Waals surface area contributed by atoms with Crippen molar-refractivity contribution in [1.29, 1.82) is 0 Å². The van der Waals surface area contributed by atoms with Crippen LogP contribution in [0.2, 0.25) is 0 Å². The van der Waals surface area contributed by atoms with E-state index in [9.17, 15) is 14.3 Å². The first kappa shape index (κ1) is 64.5. The lowest BCUT2D eigenvalue weighted by molar-refractivity contribution is -0.121. The summed E-state index contributed by atoms with van der Waals surface area (Å²) in [5.74, 6) is -0.101. The van der Waals surface area contributed by atoms with E-state index in [1.54, 1.807) is 0 Å². The Bertz CT molecular complexity index is 1160. The van der Waals surface area contributed by atoms with Gasteiger partial charge in [-0.05, 0) is 57.8 Å². The number of phosphoric acid groups is 1. The Morgan fingerprint density at radius 2 is 0.833 bits per heavy atom. The molecule has 1 unspecified atom stereocenters. The Labute approximate surface area is 409 Å². The van der Waals surface area contributed by atoms with Crippen molar-refractivity contribution >= 4 is 13.7 Å². The molecule has 0 saturated heterocycles. The molecule has 1 amide bonds. The minimum atomic E-state index is -4.32. The first-order chi connectivity index (χ1) is 32.4. The van der Waals surface area contributed by atoms with Crippen LogP contribution in [0.4, 0.5) is 0 Å². The highest BCUT2D eigenvalue weighted by Gasteiger charge is 2.24. The van der Waals surface area contributed by atoms with E-state index < -0.39 is 13.9 Å². The van der Waals surface area contributed by atoms with Crippen LogP contribution in [0.1, 0.15) is 265 Å². The zero-order valence-corrected chi connectivity index (χ0v) is 44.5. The number of rotatable bonds is 54. The second-order valence-electron chi connectivity index (χ2n) is 18.7. The van der Waals surface area contributed by atoms with Gasteiger partial charge in [-0.2, -0.15) is 0 Å². The normalized spacial score (nSPS) is 13.6. The van der Waals surface area contributed by atoms with Gasteiger partial charge in [-0.3, -0.25) is 13.8 Å². The van der Waals surface area contributed by atoms with Gasteiger partial charge in [0.1, 0.15) is 6.10 Å². The van der Waals surface area contributed by atoms with Gasteiger partial charge in [-0.25, -0.2) is 4.57 Å². The fraction of sp³-hybridized carbons (Fsp3) is 0.842. The van der Waals surface area contributed by atoms with E-state index in [0.29, 0.717) is 26.2 Å². The zero-order chi connectivity index (χ0) is 48.0. The Hall–Kier alpha value is -1.54. The van der Waals surface area contributed by atoms with Gasteiger partial charge < -0.3 is 19.7 Å². The highest BCUT2D eigenvalue weighted by Crippen LogP contribution is 2.43. The summed E-state index contributed by atoms with van der Waals surface area (Å²) in [7, 11) is -4.32. The molecule has 66 heavy (non-hydrogen) atoms. The highest BCUT2D eigenvalue weighted by molar-refractivity contribution is 7.47. The first-order valence-electron chi connectivity index (χ1n) is 28.1. The summed E-state index contributed by atoms with van der Waals surface area (Å²) in [6, 6.07) is 0. The number of unbranched alkanes of at least 4 members (excludes halogenated alkanes) is 30. The molecular formula is C57H108NO7P. The van der Waals surface area contributed by atoms with Gasteiger partial charge in [-0.1, -0.05) is 249 Å². The van der Waals surface area contributed by atoms with E-state index in [2.05, 4.69) is 74.7 Å². The van der Waals surface area contributed by atoms with Gasteiger partial charge in [0.15, 0.2) is 0 Å². The van der Waals surface area contributed by atoms with Crippen molar-refractivity contribution in [3.05, 3.63) is 48.6 Å². The van der Waals surface area contributed by atoms with Gasteiger partial charge in [-0.15, -0.1) is 0 Å². The van der Waals surface area contributed by atoms with Crippen LogP contribution in [0.15, 0.2) is 48.6 Å². The van der Waals surface area contributed by atoms with Crippen LogP contribution in [0.25, 0.3) is 0 Å². The zero-order valence-electron chi connectivity index (χ0n) is 43.7. The summed E-state index contributed by atoms with van der Waals surface area (Å²) in [5.41, 5.74) is 0. The number of allylic oxidation sites excluding steroid dienone is 8. The molecule has 0 aliphatic carbocycles. The van der Waals surface area contributed by atoms with E-state index in [4.69, 9.17) is 18.5 Å². The van der Waals surface area contributed by atoms with Crippen LogP contribution in [-0.4, -0.2) is 56.5 Å². The molecule has 2 atom stereocenters. The summed E-state index contributed by atoms with van der Waals surface area (Å²) >= 11 is 0. The first-order valence-corrected chi connectivity index (χ1v) is 29.6. The molecule has 388 valence electrons. The molecular weight excluding hydrogens is 842 g/mol. The third-order valence-corrected chi connectivity index (χ3v) is 13.1. The van der Waals surface area contributed by atoms with Crippen LogP contribution >= 0.6 is 7.82 Å². The summed E-state index contributed by atoms with van der Waals surface area (Å²) in [6.45, 7) is 8.25. The molecule has 0 saturated carbocycles. The van der Waals surface area contributed by atoms with Crippen LogP contribution in [-0.2, 0) is 27.9 Å². The van der Waals surface area contributed by atoms with Crippen molar-refractivity contribution in [2.45, 2.75) is 271 Å². The van der Waals surface area contributed by atoms with E-state index in [1.807, 2.05) is 0 Å². The lowest BCUT2D eigenvalue weighted by Gasteiger charge is -2.20. The minimum absolute atomic E-state index is 0.0883. The average molecular weight is 950 g/mol. The van der Waals surface area contributed by atoms with Crippen LogP contribution in [0.5, 0.6) is 0 Å². The van der Waals surface area contributed by atoms with E-state index >= 15 is 0 Å². The number of nitrogens with one attached hydrogen (secondary N) is 1. The maximum absolute atomic E-state index is 12.7. The lowest BCUT2D eigenvalue weighted by Crippen LogP contribution is -2.28. The molecule has 0 rings (SSSR count). The number of carbonyl (C=O) groups excluding carboxylic acids is 1. The minimum Gasteiger partial charge on any atom is -0.379 e. The second-order valence-corrected chi connectivity index (χ2v) is 20.1. The topological polar surface area (TPSA) is 103 Å². The third-order valence-electron chi connectivity index (χ3n) is 12.1. The predicted octanol–water partition coefficient (Wildman–Crippen LogP) is 17.7. The van der Waals surface area contributed by atoms with Crippen molar-refractivity contribution in [2.75, 3.05) is 39.6 Å². The molecule has 0 aromatic rings. The largest absolute Gasteiger partial charge is 0.472 e. The molecule has 0 heterocycles. The molecule has 0 aliphatic heterocycles. The highest BCUT2D eigenvalue weighted by atomic mass is 31.2. The Morgan fingerprint density at radius 3 is 1.29 bits per heavy atom. The van der Waals surface area contributed by atoms with E-state index in [1.165, 1.54) is 180 Å². The van der Waals surface area contributed by atoms with Crippen molar-refractivity contribution in [2.24, 2.45) is 0 Å². The van der Waals surface area contributed by atoms with Gasteiger partial charge in [0.25, 0.3) is 0 Å². The third kappa shape index (κ3) is 53.4. The van der Waals surface area contributed by atoms with Crippen LogP contribution in [0, 0.1) is 0 Å². The van der Waals surface area contributed by atoms with Crippen LogP contribution in [0.3, 0.4) is 0 Å². The van der Waals surface area contributed by atoms with E-state index in [0.717, 1.165) is 57.8 Å². The summed E-state index contributed by atoms with van der Waals surface area (Å²) in [6.07, 6.45) is 63.6. The Balaban J connectivity index is 4.32. The summed E-state index contributed by atoms with van der Waals surface area (Å²) in [4.78, 5) is 22.7. The SMILES string of the molecule is CCCCC/C=C\C/C=C\C/C=C\C/C=C\CCCC(=O)NCCOP(=O)(O)OC[C@@H](COCCCCCCCCCCCCCCCC)OCCCCCCCCCCCCCCCC. The lowest BCUT2D eigenvalue weighted by atomic mass is 10.0. The molecule has 0 radical (unpaired) electrons. The van der Waals surface area contributed by atoms with Gasteiger partial charge in [0.05, 0.1) is 19.8 Å². The number of amides is 1. The quantitative estimate of drug-likeness (QED) is 0.0356. The number of carbonyl (C=O) groups is 1. The number of phosphoric ester groups is 1. The predicted molar refractivity (Wildman–Crippen MR) is 284 cm³/mol.